The van der Waals surface area contributed by atoms with E-state index in [1.807, 2.05) is 32.9 Å². The Kier molecular flexibility index (Phi) is 4.56. The van der Waals surface area contributed by atoms with E-state index in [2.05, 4.69) is 22.8 Å². The van der Waals surface area contributed by atoms with Crippen LogP contribution >= 0.6 is 11.6 Å². The average molecular weight is 337 g/mol. The van der Waals surface area contributed by atoms with Gasteiger partial charge in [-0.05, 0) is 63.6 Å². The van der Waals surface area contributed by atoms with Crippen LogP contribution in [0.4, 0.5) is 4.79 Å². The Morgan fingerprint density at radius 2 is 1.87 bits per heavy atom. The Morgan fingerprint density at radius 1 is 1.22 bits per heavy atom. The molecule has 2 aliphatic rings. The summed E-state index contributed by atoms with van der Waals surface area (Å²) in [6.07, 6.45) is 3.14. The van der Waals surface area contributed by atoms with Gasteiger partial charge in [-0.25, -0.2) is 4.79 Å². The standard InChI is InChI=1S/C18H25ClN2O2/c1-18(2,3)23-17(22)21-15-10-14(15)20-16(11-4-5-11)12-6-8-13(19)9-7-12/h6-9,11,14-16,20H,4-5,10H2,1-3H3,(H,21,22). The second-order valence-corrected chi connectivity index (χ2v) is 8.06. The van der Waals surface area contributed by atoms with E-state index in [1.165, 1.54) is 18.4 Å². The maximum Gasteiger partial charge on any atom is 0.407 e. The van der Waals surface area contributed by atoms with Gasteiger partial charge in [0.25, 0.3) is 0 Å². The number of ether oxygens (including phenoxy) is 1. The van der Waals surface area contributed by atoms with Crippen molar-refractivity contribution >= 4 is 17.7 Å². The van der Waals surface area contributed by atoms with Crippen molar-refractivity contribution in [2.75, 3.05) is 0 Å². The van der Waals surface area contributed by atoms with Crippen molar-refractivity contribution in [3.8, 4) is 0 Å². The molecule has 4 nitrogen and oxygen atoms in total. The highest BCUT2D eigenvalue weighted by Gasteiger charge is 2.43. The third-order valence-corrected chi connectivity index (χ3v) is 4.46. The van der Waals surface area contributed by atoms with Gasteiger partial charge in [-0.1, -0.05) is 23.7 Å². The minimum absolute atomic E-state index is 0.165. The van der Waals surface area contributed by atoms with Crippen LogP contribution in [0.25, 0.3) is 0 Å². The molecule has 3 unspecified atom stereocenters. The molecule has 0 heterocycles. The summed E-state index contributed by atoms with van der Waals surface area (Å²) in [5.41, 5.74) is 0.821. The van der Waals surface area contributed by atoms with Crippen molar-refractivity contribution < 1.29 is 9.53 Å². The molecule has 3 atom stereocenters. The van der Waals surface area contributed by atoms with Crippen molar-refractivity contribution in [3.63, 3.8) is 0 Å². The van der Waals surface area contributed by atoms with Crippen LogP contribution in [0, 0.1) is 5.92 Å². The second kappa shape index (κ2) is 6.33. The van der Waals surface area contributed by atoms with Gasteiger partial charge >= 0.3 is 6.09 Å². The van der Waals surface area contributed by atoms with Gasteiger partial charge in [0.15, 0.2) is 0 Å². The SMILES string of the molecule is CC(C)(C)OC(=O)NC1CC1NC(c1ccc(Cl)cc1)C1CC1. The number of nitrogens with one attached hydrogen (secondary N) is 2. The summed E-state index contributed by atoms with van der Waals surface area (Å²) in [5.74, 6) is 0.693. The van der Waals surface area contributed by atoms with Crippen LogP contribution in [-0.2, 0) is 4.74 Å². The number of benzene rings is 1. The van der Waals surface area contributed by atoms with E-state index in [0.29, 0.717) is 18.0 Å². The number of alkyl carbamates (subject to hydrolysis) is 1. The van der Waals surface area contributed by atoms with E-state index < -0.39 is 5.60 Å². The molecule has 0 aliphatic heterocycles. The third-order valence-electron chi connectivity index (χ3n) is 4.21. The van der Waals surface area contributed by atoms with Gasteiger partial charge in [0.2, 0.25) is 0 Å². The lowest BCUT2D eigenvalue weighted by molar-refractivity contribution is 0.0521. The maximum absolute atomic E-state index is 11.8. The van der Waals surface area contributed by atoms with E-state index >= 15 is 0 Å². The van der Waals surface area contributed by atoms with Crippen LogP contribution < -0.4 is 10.6 Å². The Balaban J connectivity index is 1.52. The van der Waals surface area contributed by atoms with Crippen molar-refractivity contribution in [1.82, 2.24) is 10.6 Å². The molecule has 2 aliphatic carbocycles. The molecular weight excluding hydrogens is 312 g/mol. The van der Waals surface area contributed by atoms with Gasteiger partial charge in [0, 0.05) is 23.1 Å². The summed E-state index contributed by atoms with van der Waals surface area (Å²) in [4.78, 5) is 11.8. The molecule has 3 rings (SSSR count). The molecule has 23 heavy (non-hydrogen) atoms. The molecule has 0 saturated heterocycles. The Hall–Kier alpha value is -1.26. The maximum atomic E-state index is 11.8. The van der Waals surface area contributed by atoms with Crippen molar-refractivity contribution in [1.29, 1.82) is 0 Å². The summed E-state index contributed by atoms with van der Waals surface area (Å²) < 4.78 is 5.31. The zero-order valence-corrected chi connectivity index (χ0v) is 14.7. The lowest BCUT2D eigenvalue weighted by Crippen LogP contribution is -2.37. The Morgan fingerprint density at radius 3 is 2.43 bits per heavy atom. The monoisotopic (exact) mass is 336 g/mol. The predicted octanol–water partition coefficient (Wildman–Crippen LogP) is 4.05. The molecule has 126 valence electrons. The van der Waals surface area contributed by atoms with E-state index in [1.54, 1.807) is 0 Å². The summed E-state index contributed by atoms with van der Waals surface area (Å²) in [6, 6.07) is 8.91. The van der Waals surface area contributed by atoms with Crippen molar-refractivity contribution in [2.45, 2.75) is 63.8 Å². The number of rotatable bonds is 5. The molecule has 2 N–H and O–H groups in total. The normalized spacial score (nSPS) is 24.9. The second-order valence-electron chi connectivity index (χ2n) is 7.63. The van der Waals surface area contributed by atoms with Crippen LogP contribution in [0.5, 0.6) is 0 Å². The Bertz CT molecular complexity index is 563. The molecule has 0 aromatic heterocycles. The number of hydrogen-bond acceptors (Lipinski definition) is 3. The largest absolute Gasteiger partial charge is 0.444 e. The number of amides is 1. The molecule has 0 bridgehead atoms. The van der Waals surface area contributed by atoms with Crippen LogP contribution in [0.2, 0.25) is 5.02 Å². The van der Waals surface area contributed by atoms with Crippen LogP contribution in [0.1, 0.15) is 51.6 Å². The molecule has 0 spiro atoms. The predicted molar refractivity (Wildman–Crippen MR) is 91.6 cm³/mol. The third kappa shape index (κ3) is 4.85. The van der Waals surface area contributed by atoms with Gasteiger partial charge in [-0.2, -0.15) is 0 Å². The highest BCUT2D eigenvalue weighted by molar-refractivity contribution is 6.30. The molecule has 2 fully saturated rings. The van der Waals surface area contributed by atoms with E-state index in [0.717, 1.165) is 11.4 Å². The first-order valence-corrected chi connectivity index (χ1v) is 8.71. The molecule has 1 amide bonds. The molecular formula is C18H25ClN2O2. The first-order chi connectivity index (χ1) is 10.8. The average Bonchev–Trinajstić information content (AvgIpc) is 3.31. The van der Waals surface area contributed by atoms with E-state index in [9.17, 15) is 4.79 Å². The summed E-state index contributed by atoms with van der Waals surface area (Å²) in [6.45, 7) is 5.62. The lowest BCUT2D eigenvalue weighted by Gasteiger charge is -2.21. The van der Waals surface area contributed by atoms with Gasteiger partial charge in [-0.3, -0.25) is 0 Å². The van der Waals surface area contributed by atoms with Gasteiger partial charge in [-0.15, -0.1) is 0 Å². The van der Waals surface area contributed by atoms with Gasteiger partial charge in [0.05, 0.1) is 0 Å². The summed E-state index contributed by atoms with van der Waals surface area (Å²) in [7, 11) is 0. The number of hydrogen-bond donors (Lipinski definition) is 2. The highest BCUT2D eigenvalue weighted by Crippen LogP contribution is 2.43. The quantitative estimate of drug-likeness (QED) is 0.853. The molecule has 1 aromatic rings. The van der Waals surface area contributed by atoms with Crippen LogP contribution in [-0.4, -0.2) is 23.8 Å². The first-order valence-electron chi connectivity index (χ1n) is 8.33. The van der Waals surface area contributed by atoms with E-state index in [-0.39, 0.29) is 12.1 Å². The zero-order chi connectivity index (χ0) is 16.6. The van der Waals surface area contributed by atoms with Crippen LogP contribution in [0.15, 0.2) is 24.3 Å². The summed E-state index contributed by atoms with van der Waals surface area (Å²) >= 11 is 5.98. The van der Waals surface area contributed by atoms with E-state index in [4.69, 9.17) is 16.3 Å². The minimum atomic E-state index is -0.457. The molecule has 1 aromatic carbocycles. The van der Waals surface area contributed by atoms with Gasteiger partial charge in [0.1, 0.15) is 5.60 Å². The molecule has 5 heteroatoms. The van der Waals surface area contributed by atoms with Crippen molar-refractivity contribution in [3.05, 3.63) is 34.9 Å². The lowest BCUT2D eigenvalue weighted by atomic mass is 10.0. The minimum Gasteiger partial charge on any atom is -0.444 e. The topological polar surface area (TPSA) is 50.4 Å². The highest BCUT2D eigenvalue weighted by atomic mass is 35.5. The first kappa shape index (κ1) is 16.6. The smallest absolute Gasteiger partial charge is 0.407 e. The fraction of sp³-hybridized carbons (Fsp3) is 0.611. The molecule has 2 saturated carbocycles. The fourth-order valence-corrected chi connectivity index (χ4v) is 2.96. The number of halogens is 1. The number of carbonyl (C=O) groups is 1. The van der Waals surface area contributed by atoms with Crippen molar-refractivity contribution in [2.24, 2.45) is 5.92 Å². The summed E-state index contributed by atoms with van der Waals surface area (Å²) in [5, 5.41) is 7.40. The Labute approximate surface area is 142 Å². The number of carbonyl (C=O) groups excluding carboxylic acids is 1. The molecule has 0 radical (unpaired) electrons. The van der Waals surface area contributed by atoms with Gasteiger partial charge < -0.3 is 15.4 Å². The fourth-order valence-electron chi connectivity index (χ4n) is 2.83. The van der Waals surface area contributed by atoms with Crippen LogP contribution in [0.3, 0.4) is 0 Å². The zero-order valence-electron chi connectivity index (χ0n) is 13.9.